The van der Waals surface area contributed by atoms with Gasteiger partial charge >= 0.3 is 0 Å². The first kappa shape index (κ1) is 15.8. The van der Waals surface area contributed by atoms with Crippen LogP contribution in [0.1, 0.15) is 39.7 Å². The summed E-state index contributed by atoms with van der Waals surface area (Å²) in [6.45, 7) is 9.44. The van der Waals surface area contributed by atoms with Crippen LogP contribution in [0.15, 0.2) is 28.7 Å². The molecule has 1 saturated heterocycles. The van der Waals surface area contributed by atoms with Gasteiger partial charge in [-0.05, 0) is 47.0 Å². The minimum absolute atomic E-state index is 0.266. The van der Waals surface area contributed by atoms with Crippen LogP contribution in [0.5, 0.6) is 0 Å². The highest BCUT2D eigenvalue weighted by molar-refractivity contribution is 9.10. The van der Waals surface area contributed by atoms with E-state index in [4.69, 9.17) is 0 Å². The van der Waals surface area contributed by atoms with Crippen molar-refractivity contribution in [1.29, 1.82) is 0 Å². The van der Waals surface area contributed by atoms with Gasteiger partial charge < -0.3 is 0 Å². The molecule has 0 atom stereocenters. The SMILES string of the molecule is CCC1(c2ccc(Br)cc2)SCC(C(C)(C)C)CS1. The van der Waals surface area contributed by atoms with Gasteiger partial charge in [-0.15, -0.1) is 23.5 Å². The summed E-state index contributed by atoms with van der Waals surface area (Å²) in [5.41, 5.74) is 1.90. The van der Waals surface area contributed by atoms with Gasteiger partial charge in [0.1, 0.15) is 0 Å². The van der Waals surface area contributed by atoms with Gasteiger partial charge in [-0.25, -0.2) is 0 Å². The molecule has 1 heterocycles. The minimum Gasteiger partial charge on any atom is -0.139 e. The molecular weight excluding hydrogens is 336 g/mol. The topological polar surface area (TPSA) is 0 Å². The molecule has 19 heavy (non-hydrogen) atoms. The van der Waals surface area contributed by atoms with Gasteiger partial charge in [-0.3, -0.25) is 0 Å². The maximum Gasteiger partial charge on any atom is 0.0857 e. The summed E-state index contributed by atoms with van der Waals surface area (Å²) in [4.78, 5) is 0. The van der Waals surface area contributed by atoms with E-state index in [0.717, 1.165) is 5.92 Å². The Hall–Kier alpha value is 0.400. The van der Waals surface area contributed by atoms with Crippen LogP contribution < -0.4 is 0 Å². The van der Waals surface area contributed by atoms with E-state index in [1.807, 2.05) is 0 Å². The molecule has 0 nitrogen and oxygen atoms in total. The summed E-state index contributed by atoms with van der Waals surface area (Å²) in [5, 5.41) is 0. The van der Waals surface area contributed by atoms with Crippen LogP contribution in [0, 0.1) is 11.3 Å². The summed E-state index contributed by atoms with van der Waals surface area (Å²) in [5.74, 6) is 3.37. The lowest BCUT2D eigenvalue weighted by Gasteiger charge is -2.43. The van der Waals surface area contributed by atoms with E-state index >= 15 is 0 Å². The quantitative estimate of drug-likeness (QED) is 0.621. The van der Waals surface area contributed by atoms with E-state index in [1.165, 1.54) is 28.0 Å². The molecule has 1 aliphatic heterocycles. The highest BCUT2D eigenvalue weighted by atomic mass is 79.9. The fraction of sp³-hybridized carbons (Fsp3) is 0.625. The zero-order valence-corrected chi connectivity index (χ0v) is 15.4. The van der Waals surface area contributed by atoms with Crippen LogP contribution in [-0.4, -0.2) is 11.5 Å². The lowest BCUT2D eigenvalue weighted by Crippen LogP contribution is -2.33. The smallest absolute Gasteiger partial charge is 0.0857 e. The van der Waals surface area contributed by atoms with Crippen molar-refractivity contribution in [1.82, 2.24) is 0 Å². The lowest BCUT2D eigenvalue weighted by atomic mass is 9.83. The Labute approximate surface area is 134 Å². The molecule has 2 rings (SSSR count). The third kappa shape index (κ3) is 3.54. The highest BCUT2D eigenvalue weighted by Crippen LogP contribution is 2.55. The second-order valence-electron chi connectivity index (χ2n) is 6.30. The van der Waals surface area contributed by atoms with E-state index in [0.29, 0.717) is 5.41 Å². The molecule has 0 N–H and O–H groups in total. The van der Waals surface area contributed by atoms with E-state index in [1.54, 1.807) is 0 Å². The first-order chi connectivity index (χ1) is 8.87. The maximum atomic E-state index is 3.53. The van der Waals surface area contributed by atoms with Crippen molar-refractivity contribution in [3.8, 4) is 0 Å². The summed E-state index contributed by atoms with van der Waals surface area (Å²) < 4.78 is 1.43. The second-order valence-corrected chi connectivity index (χ2v) is 10.1. The summed E-state index contributed by atoms with van der Waals surface area (Å²) >= 11 is 7.84. The fourth-order valence-corrected chi connectivity index (χ4v) is 6.68. The number of rotatable bonds is 2. The summed E-state index contributed by atoms with van der Waals surface area (Å²) in [6, 6.07) is 8.91. The fourth-order valence-electron chi connectivity index (χ4n) is 2.34. The largest absolute Gasteiger partial charge is 0.139 e. The number of hydrogen-bond acceptors (Lipinski definition) is 2. The predicted molar refractivity (Wildman–Crippen MR) is 94.0 cm³/mol. The Morgan fingerprint density at radius 2 is 1.68 bits per heavy atom. The van der Waals surface area contributed by atoms with Crippen molar-refractivity contribution in [2.75, 3.05) is 11.5 Å². The molecule has 0 aliphatic carbocycles. The number of halogens is 1. The Bertz CT molecular complexity index is 411. The Balaban J connectivity index is 2.16. The standard InChI is InChI=1S/C16H23BrS2/c1-5-16(12-6-8-14(17)9-7-12)18-10-13(11-19-16)15(2,3)4/h6-9,13H,5,10-11H2,1-4H3. The second kappa shape index (κ2) is 6.03. The molecule has 0 unspecified atom stereocenters. The van der Waals surface area contributed by atoms with Crippen molar-refractivity contribution in [2.45, 2.75) is 38.2 Å². The maximum absolute atomic E-state index is 3.53. The average molecular weight is 359 g/mol. The number of thioether (sulfide) groups is 2. The molecule has 3 heteroatoms. The monoisotopic (exact) mass is 358 g/mol. The Morgan fingerprint density at radius 3 is 2.11 bits per heavy atom. The Kier molecular flexibility index (Phi) is 5.01. The predicted octanol–water partition coefficient (Wildman–Crippen LogP) is 6.15. The summed E-state index contributed by atoms with van der Waals surface area (Å²) in [7, 11) is 0. The third-order valence-corrected chi connectivity index (χ3v) is 8.36. The molecule has 0 bridgehead atoms. The van der Waals surface area contributed by atoms with Gasteiger partial charge in [0.05, 0.1) is 4.08 Å². The molecule has 0 amide bonds. The van der Waals surface area contributed by atoms with Crippen LogP contribution in [-0.2, 0) is 4.08 Å². The third-order valence-electron chi connectivity index (χ3n) is 4.01. The number of benzene rings is 1. The molecule has 0 spiro atoms. The first-order valence-corrected chi connectivity index (χ1v) is 9.68. The molecule has 1 aromatic rings. The highest BCUT2D eigenvalue weighted by Gasteiger charge is 2.40. The molecule has 0 saturated carbocycles. The van der Waals surface area contributed by atoms with Gasteiger partial charge in [0.15, 0.2) is 0 Å². The molecule has 106 valence electrons. The van der Waals surface area contributed by atoms with Gasteiger partial charge in [-0.1, -0.05) is 55.8 Å². The molecule has 1 fully saturated rings. The van der Waals surface area contributed by atoms with Crippen LogP contribution in [0.3, 0.4) is 0 Å². The molecular formula is C16H23BrS2. The lowest BCUT2D eigenvalue weighted by molar-refractivity contribution is 0.291. The molecule has 1 aromatic carbocycles. The van der Waals surface area contributed by atoms with Gasteiger partial charge in [0.25, 0.3) is 0 Å². The number of hydrogen-bond donors (Lipinski definition) is 0. The summed E-state index contributed by atoms with van der Waals surface area (Å²) in [6.07, 6.45) is 1.20. The normalized spacial score (nSPS) is 28.4. The van der Waals surface area contributed by atoms with Gasteiger partial charge in [0.2, 0.25) is 0 Å². The van der Waals surface area contributed by atoms with E-state index < -0.39 is 0 Å². The van der Waals surface area contributed by atoms with Crippen LogP contribution in [0.4, 0.5) is 0 Å². The minimum atomic E-state index is 0.266. The average Bonchev–Trinajstić information content (AvgIpc) is 2.38. The van der Waals surface area contributed by atoms with E-state index in [2.05, 4.69) is 91.4 Å². The zero-order valence-electron chi connectivity index (χ0n) is 12.2. The van der Waals surface area contributed by atoms with Crippen LogP contribution >= 0.6 is 39.5 Å². The Morgan fingerprint density at radius 1 is 1.16 bits per heavy atom. The molecule has 0 aromatic heterocycles. The van der Waals surface area contributed by atoms with Crippen molar-refractivity contribution >= 4 is 39.5 Å². The van der Waals surface area contributed by atoms with Crippen LogP contribution in [0.25, 0.3) is 0 Å². The first-order valence-electron chi connectivity index (χ1n) is 6.91. The van der Waals surface area contributed by atoms with Gasteiger partial charge in [0, 0.05) is 4.47 Å². The van der Waals surface area contributed by atoms with Crippen molar-refractivity contribution in [3.63, 3.8) is 0 Å². The van der Waals surface area contributed by atoms with Crippen molar-refractivity contribution in [2.24, 2.45) is 11.3 Å². The van der Waals surface area contributed by atoms with E-state index in [9.17, 15) is 0 Å². The van der Waals surface area contributed by atoms with Crippen molar-refractivity contribution in [3.05, 3.63) is 34.3 Å². The molecule has 0 radical (unpaired) electrons. The van der Waals surface area contributed by atoms with Crippen molar-refractivity contribution < 1.29 is 0 Å². The van der Waals surface area contributed by atoms with E-state index in [-0.39, 0.29) is 4.08 Å². The zero-order chi connectivity index (χ0) is 14.1. The van der Waals surface area contributed by atoms with Gasteiger partial charge in [-0.2, -0.15) is 0 Å². The van der Waals surface area contributed by atoms with Crippen LogP contribution in [0.2, 0.25) is 0 Å². The molecule has 1 aliphatic rings.